The maximum absolute atomic E-state index is 13.7. The molecule has 0 aliphatic carbocycles. The van der Waals surface area contributed by atoms with E-state index in [1.807, 2.05) is 6.92 Å². The number of benzene rings is 2. The maximum atomic E-state index is 13.7. The van der Waals surface area contributed by atoms with Crippen LogP contribution in [-0.4, -0.2) is 56.8 Å². The van der Waals surface area contributed by atoms with Crippen LogP contribution in [0.4, 0.5) is 5.69 Å². The summed E-state index contributed by atoms with van der Waals surface area (Å²) in [5, 5.41) is 3.60. The minimum Gasteiger partial charge on any atom is -0.454 e. The van der Waals surface area contributed by atoms with Crippen molar-refractivity contribution in [1.29, 1.82) is 0 Å². The number of amides is 2. The summed E-state index contributed by atoms with van der Waals surface area (Å²) in [6.07, 6.45) is 1.69. The van der Waals surface area contributed by atoms with Crippen molar-refractivity contribution < 1.29 is 27.5 Å². The largest absolute Gasteiger partial charge is 0.454 e. The first kappa shape index (κ1) is 28.9. The molecule has 0 fully saturated rings. The highest BCUT2D eigenvalue weighted by molar-refractivity contribution is 7.92. The van der Waals surface area contributed by atoms with Gasteiger partial charge in [0, 0.05) is 29.2 Å². The average Bonchev–Trinajstić information content (AvgIpc) is 3.34. The summed E-state index contributed by atoms with van der Waals surface area (Å²) in [6, 6.07) is 8.63. The lowest BCUT2D eigenvalue weighted by Gasteiger charge is -2.32. The molecule has 1 aliphatic rings. The number of ether oxygens (including phenoxy) is 2. The predicted molar refractivity (Wildman–Crippen MR) is 144 cm³/mol. The van der Waals surface area contributed by atoms with Gasteiger partial charge in [0.2, 0.25) is 28.6 Å². The molecule has 2 aromatic rings. The van der Waals surface area contributed by atoms with Crippen molar-refractivity contribution in [2.45, 2.75) is 46.2 Å². The van der Waals surface area contributed by atoms with E-state index in [0.29, 0.717) is 33.7 Å². The van der Waals surface area contributed by atoms with Crippen molar-refractivity contribution in [1.82, 2.24) is 10.2 Å². The van der Waals surface area contributed by atoms with Gasteiger partial charge in [0.15, 0.2) is 11.5 Å². The van der Waals surface area contributed by atoms with Crippen LogP contribution < -0.4 is 19.1 Å². The van der Waals surface area contributed by atoms with Crippen molar-refractivity contribution in [3.05, 3.63) is 52.0 Å². The highest BCUT2D eigenvalue weighted by Crippen LogP contribution is 2.36. The molecule has 0 bridgehead atoms. The quantitative estimate of drug-likeness (QED) is 0.382. The van der Waals surface area contributed by atoms with E-state index < -0.39 is 28.5 Å². The van der Waals surface area contributed by atoms with Gasteiger partial charge in [0.05, 0.1) is 11.4 Å². The molecule has 1 atom stereocenters. The summed E-state index contributed by atoms with van der Waals surface area (Å²) in [7, 11) is -3.86. The molecule has 0 saturated heterocycles. The average molecular weight is 573 g/mol. The fraction of sp³-hybridized carbons (Fsp3) is 0.440. The van der Waals surface area contributed by atoms with Gasteiger partial charge in [-0.05, 0) is 50.1 Å². The molecule has 0 spiro atoms. The number of fused-ring (bicyclic) bond motifs is 1. The maximum Gasteiger partial charge on any atom is 0.244 e. The van der Waals surface area contributed by atoms with E-state index in [2.05, 4.69) is 5.32 Å². The van der Waals surface area contributed by atoms with E-state index in [1.54, 1.807) is 37.3 Å². The molecule has 37 heavy (non-hydrogen) atoms. The number of halogens is 2. The summed E-state index contributed by atoms with van der Waals surface area (Å²) in [5.41, 5.74) is 0.824. The monoisotopic (exact) mass is 571 g/mol. The zero-order valence-corrected chi connectivity index (χ0v) is 23.3. The zero-order valence-electron chi connectivity index (χ0n) is 21.0. The van der Waals surface area contributed by atoms with Crippen molar-refractivity contribution in [3.63, 3.8) is 0 Å². The SMILES string of the molecule is CCCCNC(=O)C(C)N(Cc1ccc(Cl)cc1Cl)C(=O)CN(c1ccc2c(c1)OCO2)S(=O)(=O)CC. The molecule has 2 aromatic carbocycles. The van der Waals surface area contributed by atoms with Crippen LogP contribution in [-0.2, 0) is 26.2 Å². The number of sulfonamides is 1. The number of unbranched alkanes of at least 4 members (excludes halogenated alkanes) is 1. The Morgan fingerprint density at radius 2 is 1.81 bits per heavy atom. The van der Waals surface area contributed by atoms with E-state index in [4.69, 9.17) is 32.7 Å². The molecular formula is C25H31Cl2N3O6S. The first-order valence-corrected chi connectivity index (χ1v) is 14.3. The van der Waals surface area contributed by atoms with E-state index >= 15 is 0 Å². The van der Waals surface area contributed by atoms with Gasteiger partial charge in [-0.15, -0.1) is 0 Å². The fourth-order valence-corrected chi connectivity index (χ4v) is 5.23. The van der Waals surface area contributed by atoms with Gasteiger partial charge in [-0.1, -0.05) is 42.6 Å². The Hall–Kier alpha value is -2.69. The van der Waals surface area contributed by atoms with Crippen LogP contribution in [0.5, 0.6) is 11.5 Å². The first-order chi connectivity index (χ1) is 17.6. The number of carbonyl (C=O) groups is 2. The minimum absolute atomic E-state index is 0.0155. The van der Waals surface area contributed by atoms with Crippen LogP contribution in [0.25, 0.3) is 0 Å². The van der Waals surface area contributed by atoms with Crippen molar-refractivity contribution >= 4 is 50.7 Å². The number of anilines is 1. The fourth-order valence-electron chi connectivity index (χ4n) is 3.71. The van der Waals surface area contributed by atoms with Gasteiger partial charge in [-0.2, -0.15) is 0 Å². The van der Waals surface area contributed by atoms with Crippen molar-refractivity contribution in [2.24, 2.45) is 0 Å². The molecule has 2 amide bonds. The summed E-state index contributed by atoms with van der Waals surface area (Å²) in [5.74, 6) is -0.279. The molecule has 1 unspecified atom stereocenters. The second kappa shape index (κ2) is 12.7. The summed E-state index contributed by atoms with van der Waals surface area (Å²) in [4.78, 5) is 27.9. The topological polar surface area (TPSA) is 105 Å². The van der Waals surface area contributed by atoms with Crippen molar-refractivity contribution in [3.8, 4) is 11.5 Å². The van der Waals surface area contributed by atoms with Gasteiger partial charge in [0.1, 0.15) is 12.6 Å². The number of hydrogen-bond donors (Lipinski definition) is 1. The Morgan fingerprint density at radius 3 is 2.49 bits per heavy atom. The second-order valence-electron chi connectivity index (χ2n) is 8.52. The summed E-state index contributed by atoms with van der Waals surface area (Å²) >= 11 is 12.4. The lowest BCUT2D eigenvalue weighted by Crippen LogP contribution is -2.51. The Labute approximate surface area is 227 Å². The molecular weight excluding hydrogens is 541 g/mol. The highest BCUT2D eigenvalue weighted by atomic mass is 35.5. The Kier molecular flexibility index (Phi) is 9.92. The van der Waals surface area contributed by atoms with Gasteiger partial charge in [-0.3, -0.25) is 13.9 Å². The lowest BCUT2D eigenvalue weighted by molar-refractivity contribution is -0.139. The zero-order chi connectivity index (χ0) is 27.2. The molecule has 1 aliphatic heterocycles. The van der Waals surface area contributed by atoms with E-state index in [-0.39, 0.29) is 30.7 Å². The molecule has 9 nitrogen and oxygen atoms in total. The van der Waals surface area contributed by atoms with Gasteiger partial charge in [0.25, 0.3) is 0 Å². The van der Waals surface area contributed by atoms with E-state index in [9.17, 15) is 18.0 Å². The van der Waals surface area contributed by atoms with Crippen LogP contribution in [0, 0.1) is 0 Å². The molecule has 202 valence electrons. The van der Waals surface area contributed by atoms with Crippen LogP contribution in [0.15, 0.2) is 36.4 Å². The summed E-state index contributed by atoms with van der Waals surface area (Å²) < 4.78 is 37.8. The molecule has 0 aromatic heterocycles. The lowest BCUT2D eigenvalue weighted by atomic mass is 10.1. The predicted octanol–water partition coefficient (Wildman–Crippen LogP) is 4.21. The minimum atomic E-state index is -3.86. The van der Waals surface area contributed by atoms with Crippen molar-refractivity contribution in [2.75, 3.05) is 29.9 Å². The third-order valence-corrected chi connectivity index (χ3v) is 8.30. The van der Waals surface area contributed by atoms with Crippen LogP contribution in [0.2, 0.25) is 10.0 Å². The molecule has 1 N–H and O–H groups in total. The highest BCUT2D eigenvalue weighted by Gasteiger charge is 2.32. The van der Waals surface area contributed by atoms with Gasteiger partial charge < -0.3 is 19.7 Å². The molecule has 12 heteroatoms. The summed E-state index contributed by atoms with van der Waals surface area (Å²) in [6.45, 7) is 5.06. The first-order valence-electron chi connectivity index (χ1n) is 12.0. The Morgan fingerprint density at radius 1 is 1.08 bits per heavy atom. The van der Waals surface area contributed by atoms with Crippen LogP contribution in [0.1, 0.15) is 39.2 Å². The molecule has 0 radical (unpaired) electrons. The number of hydrogen-bond acceptors (Lipinski definition) is 6. The number of nitrogens with zero attached hydrogens (tertiary/aromatic N) is 2. The number of rotatable bonds is 12. The normalized spacial score (nSPS) is 13.2. The van der Waals surface area contributed by atoms with E-state index in [0.717, 1.165) is 17.1 Å². The molecule has 0 saturated carbocycles. The third-order valence-electron chi connectivity index (χ3n) is 5.98. The van der Waals surface area contributed by atoms with E-state index in [1.165, 1.54) is 17.9 Å². The Bertz CT molecular complexity index is 1240. The standard InChI is InChI=1S/C25H31Cl2N3O6S/c1-4-6-11-28-25(32)17(3)29(14-18-7-8-19(26)12-21(18)27)24(31)15-30(37(33,34)5-2)20-9-10-22-23(13-20)36-16-35-22/h7-10,12-13,17H,4-6,11,14-16H2,1-3H3,(H,28,32). The third kappa shape index (κ3) is 7.21. The number of carbonyl (C=O) groups excluding carboxylic acids is 2. The van der Waals surface area contributed by atoms with Gasteiger partial charge in [-0.25, -0.2) is 8.42 Å². The molecule has 3 rings (SSSR count). The number of nitrogens with one attached hydrogen (secondary N) is 1. The van der Waals surface area contributed by atoms with Crippen LogP contribution >= 0.6 is 23.2 Å². The molecule has 1 heterocycles. The Balaban J connectivity index is 1.93. The van der Waals surface area contributed by atoms with Gasteiger partial charge >= 0.3 is 0 Å². The smallest absolute Gasteiger partial charge is 0.244 e. The second-order valence-corrected chi connectivity index (χ2v) is 11.5. The van der Waals surface area contributed by atoms with Crippen LogP contribution in [0.3, 0.4) is 0 Å².